The van der Waals surface area contributed by atoms with E-state index in [-0.39, 0.29) is 30.6 Å². The number of hydrogen-bond donors (Lipinski definition) is 1. The Labute approximate surface area is 160 Å². The maximum Gasteiger partial charge on any atom is 0.223 e. The molecule has 2 aliphatic rings. The van der Waals surface area contributed by atoms with Gasteiger partial charge in [0, 0.05) is 37.5 Å². The fraction of sp³-hybridized carbons (Fsp3) is 0.391. The molecule has 0 spiro atoms. The number of ketones is 1. The lowest BCUT2D eigenvalue weighted by Crippen LogP contribution is -2.33. The zero-order chi connectivity index (χ0) is 18.8. The zero-order valence-corrected chi connectivity index (χ0v) is 15.5. The molecular formula is C23H26N2O2. The Kier molecular flexibility index (Phi) is 5.08. The molecule has 2 N–H and O–H groups in total. The second kappa shape index (κ2) is 7.65. The highest BCUT2D eigenvalue weighted by Gasteiger charge is 2.42. The van der Waals surface area contributed by atoms with E-state index in [0.29, 0.717) is 17.4 Å². The average molecular weight is 362 g/mol. The first-order valence-electron chi connectivity index (χ1n) is 9.84. The SMILES string of the molecule is NC1CCC2CN(C(=O)CCC(=O)c3ccc(-c4ccccc4)cc3)CC12. The molecule has 4 nitrogen and oxygen atoms in total. The summed E-state index contributed by atoms with van der Waals surface area (Å²) < 4.78 is 0. The number of likely N-dealkylation sites (tertiary alicyclic amines) is 1. The highest BCUT2D eigenvalue weighted by atomic mass is 16.2. The molecule has 140 valence electrons. The highest BCUT2D eigenvalue weighted by Crippen LogP contribution is 2.37. The van der Waals surface area contributed by atoms with Crippen LogP contribution in [0.2, 0.25) is 0 Å². The number of amides is 1. The van der Waals surface area contributed by atoms with Crippen molar-refractivity contribution in [3.63, 3.8) is 0 Å². The molecule has 27 heavy (non-hydrogen) atoms. The third kappa shape index (κ3) is 3.81. The number of rotatable bonds is 5. The van der Waals surface area contributed by atoms with Crippen molar-refractivity contribution in [3.8, 4) is 11.1 Å². The van der Waals surface area contributed by atoms with Crippen LogP contribution in [0, 0.1) is 11.8 Å². The van der Waals surface area contributed by atoms with Crippen molar-refractivity contribution in [1.29, 1.82) is 0 Å². The Balaban J connectivity index is 1.31. The molecule has 3 atom stereocenters. The van der Waals surface area contributed by atoms with Gasteiger partial charge < -0.3 is 10.6 Å². The van der Waals surface area contributed by atoms with E-state index in [9.17, 15) is 9.59 Å². The Bertz CT molecular complexity index is 816. The summed E-state index contributed by atoms with van der Waals surface area (Å²) in [4.78, 5) is 26.9. The minimum Gasteiger partial charge on any atom is -0.342 e. The molecule has 1 heterocycles. The summed E-state index contributed by atoms with van der Waals surface area (Å²) in [6.45, 7) is 1.59. The van der Waals surface area contributed by atoms with Gasteiger partial charge in [-0.05, 0) is 35.8 Å². The van der Waals surface area contributed by atoms with E-state index < -0.39 is 0 Å². The number of benzene rings is 2. The summed E-state index contributed by atoms with van der Waals surface area (Å²) in [5, 5.41) is 0. The third-order valence-electron chi connectivity index (χ3n) is 6.14. The standard InChI is InChI=1S/C23H26N2O2/c24-21-11-10-19-14-25(15-20(19)21)23(27)13-12-22(26)18-8-6-17(7-9-18)16-4-2-1-3-5-16/h1-9,19-21H,10-15,24H2. The summed E-state index contributed by atoms with van der Waals surface area (Å²) in [5.74, 6) is 1.13. The van der Waals surface area contributed by atoms with Gasteiger partial charge in [-0.1, -0.05) is 54.6 Å². The Hall–Kier alpha value is -2.46. The summed E-state index contributed by atoms with van der Waals surface area (Å²) in [6, 6.07) is 18.0. The smallest absolute Gasteiger partial charge is 0.223 e. The van der Waals surface area contributed by atoms with Gasteiger partial charge in [0.25, 0.3) is 0 Å². The number of nitrogens with zero attached hydrogens (tertiary/aromatic N) is 1. The number of nitrogens with two attached hydrogens (primary N) is 1. The van der Waals surface area contributed by atoms with Crippen molar-refractivity contribution in [2.45, 2.75) is 31.7 Å². The minimum absolute atomic E-state index is 0.0269. The zero-order valence-electron chi connectivity index (χ0n) is 15.5. The van der Waals surface area contributed by atoms with E-state index in [0.717, 1.165) is 37.1 Å². The van der Waals surface area contributed by atoms with Crippen LogP contribution in [0.4, 0.5) is 0 Å². The molecule has 1 aliphatic heterocycles. The van der Waals surface area contributed by atoms with Crippen LogP contribution >= 0.6 is 0 Å². The van der Waals surface area contributed by atoms with Gasteiger partial charge in [-0.15, -0.1) is 0 Å². The molecule has 4 heteroatoms. The van der Waals surface area contributed by atoms with Crippen molar-refractivity contribution in [1.82, 2.24) is 4.90 Å². The quantitative estimate of drug-likeness (QED) is 0.828. The Morgan fingerprint density at radius 3 is 2.30 bits per heavy atom. The Morgan fingerprint density at radius 2 is 1.59 bits per heavy atom. The molecule has 0 aromatic heterocycles. The largest absolute Gasteiger partial charge is 0.342 e. The molecule has 1 saturated carbocycles. The van der Waals surface area contributed by atoms with Crippen LogP contribution < -0.4 is 5.73 Å². The van der Waals surface area contributed by atoms with Crippen LogP contribution in [-0.2, 0) is 4.79 Å². The van der Waals surface area contributed by atoms with E-state index in [1.807, 2.05) is 59.5 Å². The molecule has 1 saturated heterocycles. The van der Waals surface area contributed by atoms with Crippen LogP contribution in [0.15, 0.2) is 54.6 Å². The van der Waals surface area contributed by atoms with Gasteiger partial charge in [-0.3, -0.25) is 9.59 Å². The summed E-state index contributed by atoms with van der Waals surface area (Å²) in [7, 11) is 0. The number of hydrogen-bond acceptors (Lipinski definition) is 3. The van der Waals surface area contributed by atoms with Gasteiger partial charge in [0.05, 0.1) is 0 Å². The number of fused-ring (bicyclic) bond motifs is 1. The van der Waals surface area contributed by atoms with Gasteiger partial charge in [0.1, 0.15) is 0 Å². The maximum absolute atomic E-state index is 12.5. The molecule has 2 aromatic carbocycles. The van der Waals surface area contributed by atoms with E-state index in [1.54, 1.807) is 0 Å². The number of Topliss-reactive ketones (excluding diaryl/α,β-unsaturated/α-hetero) is 1. The molecule has 1 aliphatic carbocycles. The van der Waals surface area contributed by atoms with Crippen molar-refractivity contribution in [3.05, 3.63) is 60.2 Å². The van der Waals surface area contributed by atoms with Gasteiger partial charge in [-0.2, -0.15) is 0 Å². The number of carbonyl (C=O) groups is 2. The minimum atomic E-state index is 0.0269. The van der Waals surface area contributed by atoms with Crippen LogP contribution in [0.25, 0.3) is 11.1 Å². The topological polar surface area (TPSA) is 63.4 Å². The molecule has 2 fully saturated rings. The summed E-state index contributed by atoms with van der Waals surface area (Å²) in [5.41, 5.74) is 9.03. The third-order valence-corrected chi connectivity index (χ3v) is 6.14. The van der Waals surface area contributed by atoms with Crippen molar-refractivity contribution in [2.75, 3.05) is 13.1 Å². The second-order valence-corrected chi connectivity index (χ2v) is 7.83. The van der Waals surface area contributed by atoms with Crippen molar-refractivity contribution in [2.24, 2.45) is 17.6 Å². The fourth-order valence-corrected chi connectivity index (χ4v) is 4.51. The molecule has 0 radical (unpaired) electrons. The van der Waals surface area contributed by atoms with Crippen LogP contribution in [-0.4, -0.2) is 35.7 Å². The predicted octanol–water partition coefficient (Wildman–Crippen LogP) is 3.51. The summed E-state index contributed by atoms with van der Waals surface area (Å²) >= 11 is 0. The lowest BCUT2D eigenvalue weighted by Gasteiger charge is -2.18. The lowest BCUT2D eigenvalue weighted by molar-refractivity contribution is -0.130. The van der Waals surface area contributed by atoms with E-state index in [4.69, 9.17) is 5.73 Å². The molecule has 4 rings (SSSR count). The van der Waals surface area contributed by atoms with E-state index >= 15 is 0 Å². The summed E-state index contributed by atoms with van der Waals surface area (Å²) in [6.07, 6.45) is 2.76. The van der Waals surface area contributed by atoms with E-state index in [2.05, 4.69) is 0 Å². The average Bonchev–Trinajstić information content (AvgIpc) is 3.29. The van der Waals surface area contributed by atoms with Gasteiger partial charge in [0.15, 0.2) is 5.78 Å². The first-order chi connectivity index (χ1) is 13.1. The number of carbonyl (C=O) groups excluding carboxylic acids is 2. The molecule has 0 bridgehead atoms. The molecule has 2 aromatic rings. The molecule has 3 unspecified atom stereocenters. The van der Waals surface area contributed by atoms with Gasteiger partial charge in [-0.25, -0.2) is 0 Å². The van der Waals surface area contributed by atoms with Crippen molar-refractivity contribution >= 4 is 11.7 Å². The predicted molar refractivity (Wildman–Crippen MR) is 106 cm³/mol. The van der Waals surface area contributed by atoms with Gasteiger partial charge >= 0.3 is 0 Å². The monoisotopic (exact) mass is 362 g/mol. The lowest BCUT2D eigenvalue weighted by atomic mass is 9.98. The first-order valence-corrected chi connectivity index (χ1v) is 9.84. The van der Waals surface area contributed by atoms with Crippen LogP contribution in [0.5, 0.6) is 0 Å². The maximum atomic E-state index is 12.5. The van der Waals surface area contributed by atoms with Crippen molar-refractivity contribution < 1.29 is 9.59 Å². The normalized spacial score (nSPS) is 24.0. The van der Waals surface area contributed by atoms with Crippen LogP contribution in [0.1, 0.15) is 36.0 Å². The molecular weight excluding hydrogens is 336 g/mol. The first kappa shape index (κ1) is 17.9. The molecule has 1 amide bonds. The second-order valence-electron chi connectivity index (χ2n) is 7.83. The fourth-order valence-electron chi connectivity index (χ4n) is 4.51. The Morgan fingerprint density at radius 1 is 0.889 bits per heavy atom. The van der Waals surface area contributed by atoms with Crippen LogP contribution in [0.3, 0.4) is 0 Å². The van der Waals surface area contributed by atoms with E-state index in [1.165, 1.54) is 0 Å². The van der Waals surface area contributed by atoms with Gasteiger partial charge in [0.2, 0.25) is 5.91 Å². The highest BCUT2D eigenvalue weighted by molar-refractivity contribution is 5.98.